The van der Waals surface area contributed by atoms with Crippen molar-refractivity contribution in [3.63, 3.8) is 0 Å². The van der Waals surface area contributed by atoms with Gasteiger partial charge in [-0.2, -0.15) is 0 Å². The molecule has 0 saturated carbocycles. The van der Waals surface area contributed by atoms with Gasteiger partial charge in [0.25, 0.3) is 0 Å². The lowest BCUT2D eigenvalue weighted by Gasteiger charge is -2.43. The molecule has 1 N–H and O–H groups in total. The number of hydrogen-bond acceptors (Lipinski definition) is 5. The van der Waals surface area contributed by atoms with E-state index in [1.807, 2.05) is 0 Å². The van der Waals surface area contributed by atoms with E-state index in [1.54, 1.807) is 0 Å². The van der Waals surface area contributed by atoms with E-state index in [1.165, 1.54) is 19.3 Å². The van der Waals surface area contributed by atoms with Crippen LogP contribution in [-0.2, 0) is 14.2 Å². The third kappa shape index (κ3) is 4.63. The average Bonchev–Trinajstić information content (AvgIpc) is 2.54. The van der Waals surface area contributed by atoms with Crippen molar-refractivity contribution in [2.75, 3.05) is 52.5 Å². The summed E-state index contributed by atoms with van der Waals surface area (Å²) in [5.74, 6) is -0.243. The minimum Gasteiger partial charge on any atom is -0.379 e. The molecule has 3 aliphatic rings. The molecule has 1 spiro atoms. The topological polar surface area (TPSA) is 43.0 Å². The van der Waals surface area contributed by atoms with E-state index in [9.17, 15) is 0 Å². The Balaban J connectivity index is 1.33. The SMILES string of the molecule is C1CC[C@]2(CCC[C@@H](CNCCN3CCOCC3)O2)OC1. The Morgan fingerprint density at radius 3 is 2.71 bits per heavy atom. The summed E-state index contributed by atoms with van der Waals surface area (Å²) >= 11 is 0. The summed E-state index contributed by atoms with van der Waals surface area (Å²) in [5, 5.41) is 3.56. The standard InChI is InChI=1S/C16H30N2O3/c1-2-11-20-16(5-1)6-3-4-15(21-16)14-17-7-8-18-9-12-19-13-10-18/h15,17H,1-14H2/t15-,16-/m0/s1. The zero-order valence-electron chi connectivity index (χ0n) is 13.1. The van der Waals surface area contributed by atoms with Crippen LogP contribution < -0.4 is 5.32 Å². The summed E-state index contributed by atoms with van der Waals surface area (Å²) in [6, 6.07) is 0. The molecule has 0 radical (unpaired) electrons. The van der Waals surface area contributed by atoms with E-state index >= 15 is 0 Å². The van der Waals surface area contributed by atoms with E-state index in [-0.39, 0.29) is 5.79 Å². The molecule has 3 aliphatic heterocycles. The van der Waals surface area contributed by atoms with Gasteiger partial charge in [-0.05, 0) is 25.7 Å². The molecule has 21 heavy (non-hydrogen) atoms. The largest absolute Gasteiger partial charge is 0.379 e. The third-order valence-corrected chi connectivity index (χ3v) is 4.86. The van der Waals surface area contributed by atoms with E-state index in [0.29, 0.717) is 6.10 Å². The molecule has 3 fully saturated rings. The van der Waals surface area contributed by atoms with Gasteiger partial charge in [0.2, 0.25) is 0 Å². The van der Waals surface area contributed by atoms with Crippen molar-refractivity contribution in [3.05, 3.63) is 0 Å². The van der Waals surface area contributed by atoms with Crippen LogP contribution in [0.2, 0.25) is 0 Å². The first-order valence-corrected chi connectivity index (χ1v) is 8.69. The highest BCUT2D eigenvalue weighted by Gasteiger charge is 2.39. The van der Waals surface area contributed by atoms with E-state index in [2.05, 4.69) is 10.2 Å². The second kappa shape index (κ2) is 7.88. The van der Waals surface area contributed by atoms with Crippen molar-refractivity contribution in [3.8, 4) is 0 Å². The van der Waals surface area contributed by atoms with Crippen LogP contribution in [0.3, 0.4) is 0 Å². The van der Waals surface area contributed by atoms with Gasteiger partial charge in [0.1, 0.15) is 0 Å². The summed E-state index contributed by atoms with van der Waals surface area (Å²) in [5.41, 5.74) is 0. The lowest BCUT2D eigenvalue weighted by Crippen LogP contribution is -2.48. The summed E-state index contributed by atoms with van der Waals surface area (Å²) in [7, 11) is 0. The van der Waals surface area contributed by atoms with Gasteiger partial charge < -0.3 is 19.5 Å². The second-order valence-corrected chi connectivity index (χ2v) is 6.51. The normalized spacial score (nSPS) is 35.1. The van der Waals surface area contributed by atoms with Crippen molar-refractivity contribution in [2.45, 2.75) is 50.4 Å². The smallest absolute Gasteiger partial charge is 0.168 e. The highest BCUT2D eigenvalue weighted by Crippen LogP contribution is 2.36. The van der Waals surface area contributed by atoms with Gasteiger partial charge in [-0.15, -0.1) is 0 Å². The van der Waals surface area contributed by atoms with Gasteiger partial charge in [-0.25, -0.2) is 0 Å². The van der Waals surface area contributed by atoms with Gasteiger partial charge >= 0.3 is 0 Å². The molecule has 0 amide bonds. The molecule has 3 rings (SSSR count). The van der Waals surface area contributed by atoms with Crippen LogP contribution in [0.5, 0.6) is 0 Å². The van der Waals surface area contributed by atoms with Gasteiger partial charge in [0.05, 0.1) is 25.9 Å². The summed E-state index contributed by atoms with van der Waals surface area (Å²) in [6.45, 7) is 7.87. The molecular weight excluding hydrogens is 268 g/mol. The Bertz CT molecular complexity index is 296. The zero-order valence-corrected chi connectivity index (χ0v) is 13.1. The first-order valence-electron chi connectivity index (χ1n) is 8.69. The van der Waals surface area contributed by atoms with Gasteiger partial charge in [-0.3, -0.25) is 4.90 Å². The molecule has 0 unspecified atom stereocenters. The quantitative estimate of drug-likeness (QED) is 0.777. The summed E-state index contributed by atoms with van der Waals surface area (Å²) in [6.07, 6.45) is 7.31. The number of nitrogens with zero attached hydrogens (tertiary/aromatic N) is 1. The van der Waals surface area contributed by atoms with E-state index in [0.717, 1.165) is 71.8 Å². The van der Waals surface area contributed by atoms with Crippen molar-refractivity contribution in [1.82, 2.24) is 10.2 Å². The maximum absolute atomic E-state index is 6.29. The molecule has 5 heteroatoms. The molecule has 122 valence electrons. The lowest BCUT2D eigenvalue weighted by molar-refractivity contribution is -0.293. The molecule has 0 bridgehead atoms. The van der Waals surface area contributed by atoms with Crippen molar-refractivity contribution >= 4 is 0 Å². The van der Waals surface area contributed by atoms with Crippen LogP contribution in [0.15, 0.2) is 0 Å². The lowest BCUT2D eigenvalue weighted by atomic mass is 9.95. The average molecular weight is 298 g/mol. The van der Waals surface area contributed by atoms with Gasteiger partial charge in [-0.1, -0.05) is 0 Å². The van der Waals surface area contributed by atoms with Crippen molar-refractivity contribution in [1.29, 1.82) is 0 Å². The Morgan fingerprint density at radius 1 is 1.05 bits per heavy atom. The van der Waals surface area contributed by atoms with Crippen LogP contribution in [0, 0.1) is 0 Å². The van der Waals surface area contributed by atoms with Crippen LogP contribution in [0.25, 0.3) is 0 Å². The number of rotatable bonds is 5. The minimum atomic E-state index is -0.243. The molecular formula is C16H30N2O3. The molecule has 3 saturated heterocycles. The molecule has 0 aromatic heterocycles. The fourth-order valence-electron chi connectivity index (χ4n) is 3.61. The first kappa shape index (κ1) is 15.7. The van der Waals surface area contributed by atoms with E-state index in [4.69, 9.17) is 14.2 Å². The molecule has 0 aliphatic carbocycles. The van der Waals surface area contributed by atoms with Crippen LogP contribution in [0.4, 0.5) is 0 Å². The Hall–Kier alpha value is -0.200. The van der Waals surface area contributed by atoms with E-state index < -0.39 is 0 Å². The fourth-order valence-corrected chi connectivity index (χ4v) is 3.61. The molecule has 3 heterocycles. The third-order valence-electron chi connectivity index (χ3n) is 4.86. The second-order valence-electron chi connectivity index (χ2n) is 6.51. The predicted molar refractivity (Wildman–Crippen MR) is 81.4 cm³/mol. The van der Waals surface area contributed by atoms with Gasteiger partial charge in [0, 0.05) is 45.6 Å². The Kier molecular flexibility index (Phi) is 5.89. The number of morpholine rings is 1. The molecule has 5 nitrogen and oxygen atoms in total. The highest BCUT2D eigenvalue weighted by atomic mass is 16.7. The maximum Gasteiger partial charge on any atom is 0.168 e. The van der Waals surface area contributed by atoms with Crippen molar-refractivity contribution in [2.24, 2.45) is 0 Å². The summed E-state index contributed by atoms with van der Waals surface area (Å²) in [4.78, 5) is 2.46. The number of hydrogen-bond donors (Lipinski definition) is 1. The zero-order chi connectivity index (χ0) is 14.4. The highest BCUT2D eigenvalue weighted by molar-refractivity contribution is 4.82. The van der Waals surface area contributed by atoms with Crippen LogP contribution in [-0.4, -0.2) is 69.3 Å². The minimum absolute atomic E-state index is 0.243. The predicted octanol–water partition coefficient (Wildman–Crippen LogP) is 1.37. The van der Waals surface area contributed by atoms with Crippen LogP contribution in [0.1, 0.15) is 38.5 Å². The van der Waals surface area contributed by atoms with Crippen LogP contribution >= 0.6 is 0 Å². The maximum atomic E-state index is 6.29. The fraction of sp³-hybridized carbons (Fsp3) is 1.00. The summed E-state index contributed by atoms with van der Waals surface area (Å²) < 4.78 is 17.6. The monoisotopic (exact) mass is 298 g/mol. The molecule has 2 atom stereocenters. The van der Waals surface area contributed by atoms with Gasteiger partial charge in [0.15, 0.2) is 5.79 Å². The molecule has 0 aromatic carbocycles. The van der Waals surface area contributed by atoms with Crippen molar-refractivity contribution < 1.29 is 14.2 Å². The number of nitrogens with one attached hydrogen (secondary N) is 1. The first-order chi connectivity index (χ1) is 10.4. The Labute approximate surface area is 128 Å². The molecule has 0 aromatic rings. The Morgan fingerprint density at radius 2 is 1.90 bits per heavy atom. The number of ether oxygens (including phenoxy) is 3.